The molecule has 0 saturated carbocycles. The number of hydrogen-bond donors (Lipinski definition) is 3. The first kappa shape index (κ1) is 16.8. The average Bonchev–Trinajstić information content (AvgIpc) is 2.36. The summed E-state index contributed by atoms with van der Waals surface area (Å²) in [6, 6.07) is 3.31. The second kappa shape index (κ2) is 8.02. The Bertz CT molecular complexity index is 349. The monoisotopic (exact) mass is 276 g/mol. The van der Waals surface area contributed by atoms with Gasteiger partial charge in [0, 0.05) is 6.04 Å². The summed E-state index contributed by atoms with van der Waals surface area (Å²) in [5.41, 5.74) is 12.3. The van der Waals surface area contributed by atoms with Gasteiger partial charge in [0.1, 0.15) is 0 Å². The molecule has 0 aliphatic carbocycles. The van der Waals surface area contributed by atoms with E-state index in [1.54, 1.807) is 12.1 Å². The van der Waals surface area contributed by atoms with Crippen LogP contribution < -0.4 is 20.9 Å². The molecule has 0 unspecified atom stereocenters. The van der Waals surface area contributed by atoms with Gasteiger partial charge in [0.2, 0.25) is 5.75 Å². The van der Waals surface area contributed by atoms with E-state index in [1.165, 1.54) is 14.2 Å². The molecule has 0 aliphatic heterocycles. The second-order valence-corrected chi connectivity index (χ2v) is 3.81. The lowest BCUT2D eigenvalue weighted by Gasteiger charge is -2.15. The minimum absolute atomic E-state index is 0. The molecule has 0 fully saturated rings. The predicted molar refractivity (Wildman–Crippen MR) is 73.7 cm³/mol. The van der Waals surface area contributed by atoms with Gasteiger partial charge in [0.25, 0.3) is 0 Å². The van der Waals surface area contributed by atoms with Crippen LogP contribution >= 0.6 is 12.4 Å². The molecule has 0 radical (unpaired) electrons. The van der Waals surface area contributed by atoms with Gasteiger partial charge in [0.15, 0.2) is 11.5 Å². The van der Waals surface area contributed by atoms with Crippen LogP contribution in [0.2, 0.25) is 0 Å². The Kier molecular flexibility index (Phi) is 7.50. The van der Waals surface area contributed by atoms with Crippen molar-refractivity contribution >= 4 is 12.4 Å². The molecule has 1 rings (SSSR count). The highest BCUT2D eigenvalue weighted by Crippen LogP contribution is 2.38. The number of methoxy groups -OCH3 is 2. The molecule has 104 valence electrons. The first-order valence-corrected chi connectivity index (χ1v) is 5.54. The molecule has 0 spiro atoms. The van der Waals surface area contributed by atoms with Crippen molar-refractivity contribution < 1.29 is 14.6 Å². The van der Waals surface area contributed by atoms with Crippen LogP contribution in [0.15, 0.2) is 12.1 Å². The molecule has 0 bridgehead atoms. The fraction of sp³-hybridized carbons (Fsp3) is 0.500. The largest absolute Gasteiger partial charge is 0.502 e. The number of hydrogen-bond acceptors (Lipinski definition) is 5. The summed E-state index contributed by atoms with van der Waals surface area (Å²) in [4.78, 5) is 0. The van der Waals surface area contributed by atoms with Crippen LogP contribution in [-0.4, -0.2) is 25.9 Å². The Morgan fingerprint density at radius 1 is 1.22 bits per heavy atom. The number of halogens is 1. The quantitative estimate of drug-likeness (QED) is 0.734. The molecule has 0 heterocycles. The summed E-state index contributed by atoms with van der Waals surface area (Å²) in [5.74, 6) is 0.717. The maximum Gasteiger partial charge on any atom is 0.200 e. The topological polar surface area (TPSA) is 90.7 Å². The lowest BCUT2D eigenvalue weighted by atomic mass is 10.0. The van der Waals surface area contributed by atoms with Gasteiger partial charge in [0.05, 0.1) is 14.2 Å². The number of benzene rings is 1. The Hall–Kier alpha value is -1.17. The molecule has 18 heavy (non-hydrogen) atoms. The maximum atomic E-state index is 9.76. The molecule has 0 aliphatic rings. The van der Waals surface area contributed by atoms with Gasteiger partial charge in [-0.25, -0.2) is 0 Å². The molecule has 6 heteroatoms. The van der Waals surface area contributed by atoms with Crippen molar-refractivity contribution in [1.82, 2.24) is 0 Å². The highest BCUT2D eigenvalue weighted by atomic mass is 35.5. The van der Waals surface area contributed by atoms with E-state index in [9.17, 15) is 5.11 Å². The Morgan fingerprint density at radius 2 is 1.72 bits per heavy atom. The molecule has 1 atom stereocenters. The predicted octanol–water partition coefficient (Wildman–Crippen LogP) is 1.57. The van der Waals surface area contributed by atoms with Gasteiger partial charge in [-0.15, -0.1) is 12.4 Å². The van der Waals surface area contributed by atoms with Crippen LogP contribution in [0.5, 0.6) is 17.2 Å². The molecule has 5 N–H and O–H groups in total. The molecule has 0 saturated heterocycles. The lowest BCUT2D eigenvalue weighted by molar-refractivity contribution is 0.338. The summed E-state index contributed by atoms with van der Waals surface area (Å²) in [6.07, 6.45) is 1.64. The molecular weight excluding hydrogens is 256 g/mol. The number of ether oxygens (including phenoxy) is 2. The van der Waals surface area contributed by atoms with Gasteiger partial charge in [-0.2, -0.15) is 0 Å². The van der Waals surface area contributed by atoms with E-state index >= 15 is 0 Å². The first-order valence-electron chi connectivity index (χ1n) is 5.54. The van der Waals surface area contributed by atoms with Crippen molar-refractivity contribution in [2.45, 2.75) is 18.9 Å². The summed E-state index contributed by atoms with van der Waals surface area (Å²) in [7, 11) is 2.98. The molecular formula is C12H21ClN2O3. The number of phenols is 1. The fourth-order valence-corrected chi connectivity index (χ4v) is 1.63. The van der Waals surface area contributed by atoms with E-state index in [0.717, 1.165) is 18.4 Å². The second-order valence-electron chi connectivity index (χ2n) is 3.81. The fourth-order valence-electron chi connectivity index (χ4n) is 1.63. The van der Waals surface area contributed by atoms with Crippen LogP contribution in [-0.2, 0) is 0 Å². The zero-order valence-electron chi connectivity index (χ0n) is 10.7. The minimum atomic E-state index is -0.137. The SMILES string of the molecule is COc1cc([C@H](N)CCCN)cc(OC)c1O.Cl. The zero-order chi connectivity index (χ0) is 12.8. The maximum absolute atomic E-state index is 9.76. The van der Waals surface area contributed by atoms with E-state index in [2.05, 4.69) is 0 Å². The number of aromatic hydroxyl groups is 1. The summed E-state index contributed by atoms with van der Waals surface area (Å²) in [6.45, 7) is 0.611. The van der Waals surface area contributed by atoms with Gasteiger partial charge >= 0.3 is 0 Å². The van der Waals surface area contributed by atoms with Gasteiger partial charge in [-0.1, -0.05) is 0 Å². The van der Waals surface area contributed by atoms with Crippen molar-refractivity contribution in [3.63, 3.8) is 0 Å². The normalized spacial score (nSPS) is 11.6. The van der Waals surface area contributed by atoms with E-state index in [-0.39, 0.29) is 24.2 Å². The number of rotatable bonds is 6. The van der Waals surface area contributed by atoms with Gasteiger partial charge < -0.3 is 26.0 Å². The van der Waals surface area contributed by atoms with Crippen LogP contribution in [0, 0.1) is 0 Å². The van der Waals surface area contributed by atoms with E-state index in [0.29, 0.717) is 18.0 Å². The highest BCUT2D eigenvalue weighted by Gasteiger charge is 2.14. The first-order chi connectivity index (χ1) is 8.13. The minimum Gasteiger partial charge on any atom is -0.502 e. The third-order valence-electron chi connectivity index (χ3n) is 2.65. The van der Waals surface area contributed by atoms with Crippen molar-refractivity contribution in [2.75, 3.05) is 20.8 Å². The summed E-state index contributed by atoms with van der Waals surface area (Å²) in [5, 5.41) is 9.76. The smallest absolute Gasteiger partial charge is 0.200 e. The summed E-state index contributed by atoms with van der Waals surface area (Å²) >= 11 is 0. The van der Waals surface area contributed by atoms with Crippen LogP contribution in [0.25, 0.3) is 0 Å². The molecule has 0 aromatic heterocycles. The third kappa shape index (κ3) is 3.94. The standard InChI is InChI=1S/C12H20N2O3.ClH/c1-16-10-6-8(9(14)4-3-5-13)7-11(17-2)12(10)15;/h6-7,9,15H,3-5,13-14H2,1-2H3;1H/t9-;/m1./s1. The number of phenolic OH excluding ortho intramolecular Hbond substituents is 1. The zero-order valence-corrected chi connectivity index (χ0v) is 11.5. The summed E-state index contributed by atoms with van der Waals surface area (Å²) < 4.78 is 10.1. The molecule has 1 aromatic carbocycles. The third-order valence-corrected chi connectivity index (χ3v) is 2.65. The molecule has 5 nitrogen and oxygen atoms in total. The Balaban J connectivity index is 0.00000289. The van der Waals surface area contributed by atoms with E-state index in [1.807, 2.05) is 0 Å². The Labute approximate surface area is 113 Å². The van der Waals surface area contributed by atoms with Crippen molar-refractivity contribution in [2.24, 2.45) is 11.5 Å². The van der Waals surface area contributed by atoms with Crippen molar-refractivity contribution in [1.29, 1.82) is 0 Å². The highest BCUT2D eigenvalue weighted by molar-refractivity contribution is 5.85. The van der Waals surface area contributed by atoms with Crippen LogP contribution in [0.4, 0.5) is 0 Å². The number of nitrogens with two attached hydrogens (primary N) is 2. The molecule has 1 aromatic rings. The van der Waals surface area contributed by atoms with E-state index < -0.39 is 0 Å². The van der Waals surface area contributed by atoms with Gasteiger partial charge in [-0.3, -0.25) is 0 Å². The molecule has 0 amide bonds. The van der Waals surface area contributed by atoms with Crippen molar-refractivity contribution in [3.8, 4) is 17.2 Å². The van der Waals surface area contributed by atoms with E-state index in [4.69, 9.17) is 20.9 Å². The Morgan fingerprint density at radius 3 is 2.11 bits per heavy atom. The van der Waals surface area contributed by atoms with Crippen LogP contribution in [0.1, 0.15) is 24.4 Å². The average molecular weight is 277 g/mol. The van der Waals surface area contributed by atoms with Gasteiger partial charge in [-0.05, 0) is 37.1 Å². The lowest BCUT2D eigenvalue weighted by Crippen LogP contribution is -2.12. The van der Waals surface area contributed by atoms with Crippen LogP contribution in [0.3, 0.4) is 0 Å². The van der Waals surface area contributed by atoms with Crippen molar-refractivity contribution in [3.05, 3.63) is 17.7 Å².